The molecule has 0 fully saturated rings. The molecule has 108 valence electrons. The van der Waals surface area contributed by atoms with Gasteiger partial charge in [0.1, 0.15) is 10.5 Å². The minimum Gasteiger partial charge on any atom is -0.230 e. The van der Waals surface area contributed by atoms with E-state index in [-0.39, 0.29) is 0 Å². The van der Waals surface area contributed by atoms with Crippen molar-refractivity contribution in [3.8, 4) is 5.69 Å². The second-order valence-corrected chi connectivity index (χ2v) is 6.51. The molecule has 0 bridgehead atoms. The largest absolute Gasteiger partial charge is 0.230 e. The van der Waals surface area contributed by atoms with E-state index in [9.17, 15) is 0 Å². The molecule has 5 heteroatoms. The molecule has 0 aliphatic rings. The number of rotatable bonds is 4. The molecule has 21 heavy (non-hydrogen) atoms. The zero-order chi connectivity index (χ0) is 14.8. The summed E-state index contributed by atoms with van der Waals surface area (Å²) in [6.45, 7) is 6.37. The van der Waals surface area contributed by atoms with Crippen LogP contribution in [0.1, 0.15) is 26.0 Å². The first-order chi connectivity index (χ1) is 10.2. The summed E-state index contributed by atoms with van der Waals surface area (Å²) in [6.07, 6.45) is 2.98. The van der Waals surface area contributed by atoms with Crippen LogP contribution in [0.2, 0.25) is 0 Å². The van der Waals surface area contributed by atoms with Crippen molar-refractivity contribution < 1.29 is 0 Å². The van der Waals surface area contributed by atoms with Crippen molar-refractivity contribution >= 4 is 22.7 Å². The minimum atomic E-state index is 0.504. The lowest BCUT2D eigenvalue weighted by atomic mass is 10.3. The van der Waals surface area contributed by atoms with Crippen molar-refractivity contribution in [3.63, 3.8) is 0 Å². The molecule has 2 heterocycles. The van der Waals surface area contributed by atoms with Gasteiger partial charge in [-0.25, -0.2) is 4.68 Å². The SMILES string of the molecule is CCC(C)Sc1nnc(C)c2cnn(-c3ccccc3)c12. The lowest BCUT2D eigenvalue weighted by Crippen LogP contribution is -2.02. The topological polar surface area (TPSA) is 43.6 Å². The van der Waals surface area contributed by atoms with Gasteiger partial charge in [-0.2, -0.15) is 10.2 Å². The maximum Gasteiger partial charge on any atom is 0.145 e. The van der Waals surface area contributed by atoms with Gasteiger partial charge in [0, 0.05) is 10.6 Å². The van der Waals surface area contributed by atoms with Crippen molar-refractivity contribution in [2.45, 2.75) is 37.5 Å². The third-order valence-corrected chi connectivity index (χ3v) is 4.77. The van der Waals surface area contributed by atoms with Crippen LogP contribution in [0, 0.1) is 6.92 Å². The van der Waals surface area contributed by atoms with E-state index in [2.05, 4.69) is 41.3 Å². The highest BCUT2D eigenvalue weighted by Crippen LogP contribution is 2.31. The molecule has 0 saturated carbocycles. The van der Waals surface area contributed by atoms with Crippen LogP contribution >= 0.6 is 11.8 Å². The van der Waals surface area contributed by atoms with Crippen LogP contribution < -0.4 is 0 Å². The van der Waals surface area contributed by atoms with E-state index in [1.54, 1.807) is 11.8 Å². The predicted molar refractivity (Wildman–Crippen MR) is 87.0 cm³/mol. The fourth-order valence-electron chi connectivity index (χ4n) is 2.16. The molecule has 0 aliphatic carbocycles. The molecule has 1 unspecified atom stereocenters. The number of hydrogen-bond acceptors (Lipinski definition) is 4. The summed E-state index contributed by atoms with van der Waals surface area (Å²) in [5.41, 5.74) is 3.02. The smallest absolute Gasteiger partial charge is 0.145 e. The maximum atomic E-state index is 4.54. The third-order valence-electron chi connectivity index (χ3n) is 3.54. The fraction of sp³-hybridized carbons (Fsp3) is 0.312. The number of nitrogens with zero attached hydrogens (tertiary/aromatic N) is 4. The second kappa shape index (κ2) is 5.85. The molecule has 3 rings (SSSR count). The summed E-state index contributed by atoms with van der Waals surface area (Å²) in [5, 5.41) is 15.7. The predicted octanol–water partition coefficient (Wildman–Crippen LogP) is 4.01. The molecule has 1 aromatic carbocycles. The molecule has 0 N–H and O–H groups in total. The molecule has 0 radical (unpaired) electrons. The van der Waals surface area contributed by atoms with Crippen molar-refractivity contribution in [2.75, 3.05) is 0 Å². The lowest BCUT2D eigenvalue weighted by molar-refractivity contribution is 0.856. The molecule has 0 aliphatic heterocycles. The van der Waals surface area contributed by atoms with E-state index < -0.39 is 0 Å². The molecule has 0 spiro atoms. The number of benzene rings is 1. The Morgan fingerprint density at radius 3 is 2.67 bits per heavy atom. The average Bonchev–Trinajstić information content (AvgIpc) is 2.97. The normalized spacial score (nSPS) is 12.7. The zero-order valence-electron chi connectivity index (χ0n) is 12.4. The zero-order valence-corrected chi connectivity index (χ0v) is 13.3. The Bertz CT molecular complexity index is 752. The van der Waals surface area contributed by atoms with Gasteiger partial charge in [-0.15, -0.1) is 5.10 Å². The summed E-state index contributed by atoms with van der Waals surface area (Å²) in [7, 11) is 0. The number of hydrogen-bond donors (Lipinski definition) is 0. The maximum absolute atomic E-state index is 4.54. The Balaban J connectivity index is 2.20. The van der Waals surface area contributed by atoms with Gasteiger partial charge in [-0.3, -0.25) is 0 Å². The van der Waals surface area contributed by atoms with E-state index >= 15 is 0 Å². The Morgan fingerprint density at radius 1 is 1.19 bits per heavy atom. The average molecular weight is 298 g/mol. The van der Waals surface area contributed by atoms with Gasteiger partial charge in [-0.05, 0) is 25.5 Å². The van der Waals surface area contributed by atoms with Crippen LogP contribution in [-0.4, -0.2) is 25.2 Å². The summed E-state index contributed by atoms with van der Waals surface area (Å²) in [4.78, 5) is 0. The highest BCUT2D eigenvalue weighted by molar-refractivity contribution is 8.00. The quantitative estimate of drug-likeness (QED) is 0.682. The van der Waals surface area contributed by atoms with Gasteiger partial charge in [0.15, 0.2) is 0 Å². The van der Waals surface area contributed by atoms with Gasteiger partial charge < -0.3 is 0 Å². The number of aromatic nitrogens is 4. The summed E-state index contributed by atoms with van der Waals surface area (Å²) in [5.74, 6) is 0. The van der Waals surface area contributed by atoms with Crippen molar-refractivity contribution in [2.24, 2.45) is 0 Å². The van der Waals surface area contributed by atoms with Gasteiger partial charge in [-0.1, -0.05) is 43.8 Å². The van der Waals surface area contributed by atoms with Crippen LogP contribution in [0.15, 0.2) is 41.6 Å². The molecule has 1 atom stereocenters. The van der Waals surface area contributed by atoms with E-state index in [1.807, 2.05) is 36.0 Å². The van der Waals surface area contributed by atoms with Gasteiger partial charge >= 0.3 is 0 Å². The molecule has 0 amide bonds. The van der Waals surface area contributed by atoms with Crippen molar-refractivity contribution in [3.05, 3.63) is 42.2 Å². The summed E-state index contributed by atoms with van der Waals surface area (Å²) >= 11 is 1.76. The van der Waals surface area contributed by atoms with E-state index in [0.717, 1.165) is 33.7 Å². The number of aryl methyl sites for hydroxylation is 1. The van der Waals surface area contributed by atoms with Crippen LogP contribution in [0.3, 0.4) is 0 Å². The van der Waals surface area contributed by atoms with Gasteiger partial charge in [0.2, 0.25) is 0 Å². The second-order valence-electron chi connectivity index (χ2n) is 5.08. The van der Waals surface area contributed by atoms with Crippen molar-refractivity contribution in [1.82, 2.24) is 20.0 Å². The molecule has 0 saturated heterocycles. The molecule has 3 aromatic rings. The molecular weight excluding hydrogens is 280 g/mol. The first-order valence-corrected chi connectivity index (χ1v) is 8.01. The van der Waals surface area contributed by atoms with E-state index in [1.165, 1.54) is 0 Å². The fourth-order valence-corrected chi connectivity index (χ4v) is 3.10. The highest BCUT2D eigenvalue weighted by Gasteiger charge is 2.16. The lowest BCUT2D eigenvalue weighted by Gasteiger charge is -2.10. The van der Waals surface area contributed by atoms with Crippen LogP contribution in [-0.2, 0) is 0 Å². The number of fused-ring (bicyclic) bond motifs is 1. The monoisotopic (exact) mass is 298 g/mol. The standard InChI is InChI=1S/C16H18N4S/c1-4-11(2)21-16-15-14(12(3)18-19-16)10-17-20(15)13-8-6-5-7-9-13/h5-11H,4H2,1-3H3. The number of para-hydroxylation sites is 1. The Kier molecular flexibility index (Phi) is 3.92. The van der Waals surface area contributed by atoms with Gasteiger partial charge in [0.05, 0.1) is 17.6 Å². The summed E-state index contributed by atoms with van der Waals surface area (Å²) < 4.78 is 1.96. The first kappa shape index (κ1) is 14.1. The Hall–Kier alpha value is -1.88. The first-order valence-electron chi connectivity index (χ1n) is 7.13. The van der Waals surface area contributed by atoms with Crippen molar-refractivity contribution in [1.29, 1.82) is 0 Å². The van der Waals surface area contributed by atoms with E-state index in [0.29, 0.717) is 5.25 Å². The Morgan fingerprint density at radius 2 is 1.95 bits per heavy atom. The van der Waals surface area contributed by atoms with Gasteiger partial charge in [0.25, 0.3) is 0 Å². The summed E-state index contributed by atoms with van der Waals surface area (Å²) in [6, 6.07) is 10.2. The van der Waals surface area contributed by atoms with Crippen LogP contribution in [0.4, 0.5) is 0 Å². The van der Waals surface area contributed by atoms with Crippen LogP contribution in [0.5, 0.6) is 0 Å². The van der Waals surface area contributed by atoms with Crippen LogP contribution in [0.25, 0.3) is 16.6 Å². The number of thioether (sulfide) groups is 1. The highest BCUT2D eigenvalue weighted by atomic mass is 32.2. The molecular formula is C16H18N4S. The minimum absolute atomic E-state index is 0.504. The molecule has 4 nitrogen and oxygen atoms in total. The molecule has 2 aromatic heterocycles. The Labute approximate surface area is 128 Å². The van der Waals surface area contributed by atoms with E-state index in [4.69, 9.17) is 0 Å². The third kappa shape index (κ3) is 2.65.